The van der Waals surface area contributed by atoms with Crippen LogP contribution in [0.4, 0.5) is 0 Å². The van der Waals surface area contributed by atoms with Crippen LogP contribution in [0.5, 0.6) is 0 Å². The fourth-order valence-electron chi connectivity index (χ4n) is 2.78. The van der Waals surface area contributed by atoms with Crippen molar-refractivity contribution in [2.24, 2.45) is 5.92 Å². The van der Waals surface area contributed by atoms with Crippen LogP contribution in [0.3, 0.4) is 0 Å². The van der Waals surface area contributed by atoms with Gasteiger partial charge in [0.05, 0.1) is 6.33 Å². The number of aromatic amines is 1. The zero-order valence-electron chi connectivity index (χ0n) is 12.7. The van der Waals surface area contributed by atoms with Gasteiger partial charge in [-0.3, -0.25) is 9.59 Å². The van der Waals surface area contributed by atoms with Gasteiger partial charge in [0, 0.05) is 36.5 Å². The van der Waals surface area contributed by atoms with Gasteiger partial charge < -0.3 is 15.6 Å². The maximum atomic E-state index is 12.4. The van der Waals surface area contributed by atoms with Crippen LogP contribution in [0.2, 0.25) is 0 Å². The number of amides is 2. The number of imidazole rings is 1. The van der Waals surface area contributed by atoms with E-state index in [0.29, 0.717) is 18.7 Å². The van der Waals surface area contributed by atoms with Crippen molar-refractivity contribution < 1.29 is 9.59 Å². The first-order chi connectivity index (χ1) is 10.7. The number of hydrogen-bond donors (Lipinski definition) is 4. The lowest BCUT2D eigenvalue weighted by atomic mass is 9.88. The van der Waals surface area contributed by atoms with Gasteiger partial charge in [-0.2, -0.15) is 12.6 Å². The lowest BCUT2D eigenvalue weighted by Crippen LogP contribution is -2.50. The predicted molar refractivity (Wildman–Crippen MR) is 87.7 cm³/mol. The lowest BCUT2D eigenvalue weighted by Gasteiger charge is -2.24. The van der Waals surface area contributed by atoms with Gasteiger partial charge in [0.2, 0.25) is 11.8 Å². The molecule has 0 spiro atoms. The minimum atomic E-state index is -0.574. The largest absolute Gasteiger partial charge is 0.353 e. The van der Waals surface area contributed by atoms with Crippen molar-refractivity contribution in [3.63, 3.8) is 0 Å². The van der Waals surface area contributed by atoms with Crippen molar-refractivity contribution in [2.75, 3.05) is 12.3 Å². The second-order valence-corrected chi connectivity index (χ2v) is 6.14. The molecule has 0 bridgehead atoms. The lowest BCUT2D eigenvalue weighted by molar-refractivity contribution is -0.131. The van der Waals surface area contributed by atoms with Gasteiger partial charge in [0.15, 0.2) is 0 Å². The summed E-state index contributed by atoms with van der Waals surface area (Å²) in [5, 5.41) is 5.70. The second-order valence-electron chi connectivity index (χ2n) is 5.69. The summed E-state index contributed by atoms with van der Waals surface area (Å²) in [6.07, 6.45) is 8.87. The van der Waals surface area contributed by atoms with Crippen LogP contribution in [0.25, 0.3) is 0 Å². The number of rotatable bonds is 7. The van der Waals surface area contributed by atoms with E-state index in [-0.39, 0.29) is 17.7 Å². The normalized spacial score (nSPS) is 17.0. The van der Waals surface area contributed by atoms with Gasteiger partial charge in [0.1, 0.15) is 6.04 Å². The molecule has 122 valence electrons. The second kappa shape index (κ2) is 8.82. The van der Waals surface area contributed by atoms with Crippen LogP contribution in [0, 0.1) is 5.92 Å². The van der Waals surface area contributed by atoms with Crippen molar-refractivity contribution >= 4 is 24.4 Å². The number of nitrogens with one attached hydrogen (secondary N) is 3. The Kier molecular flexibility index (Phi) is 6.76. The van der Waals surface area contributed by atoms with Gasteiger partial charge >= 0.3 is 0 Å². The number of nitrogens with zero attached hydrogens (tertiary/aromatic N) is 1. The molecule has 0 unspecified atom stereocenters. The number of thiol groups is 1. The molecule has 2 rings (SSSR count). The summed E-state index contributed by atoms with van der Waals surface area (Å²) < 4.78 is 0. The number of carbonyl (C=O) groups excluding carboxylic acids is 2. The molecule has 1 atom stereocenters. The highest BCUT2D eigenvalue weighted by atomic mass is 32.1. The third-order valence-electron chi connectivity index (χ3n) is 4.00. The summed E-state index contributed by atoms with van der Waals surface area (Å²) in [6.45, 7) is 0.487. The van der Waals surface area contributed by atoms with E-state index in [1.807, 2.05) is 0 Å². The molecule has 0 aliphatic heterocycles. The molecule has 6 nitrogen and oxygen atoms in total. The first-order valence-electron chi connectivity index (χ1n) is 7.87. The smallest absolute Gasteiger partial charge is 0.243 e. The number of carbonyl (C=O) groups is 2. The predicted octanol–water partition coefficient (Wildman–Crippen LogP) is 1.06. The average molecular weight is 324 g/mol. The van der Waals surface area contributed by atoms with Crippen LogP contribution >= 0.6 is 12.6 Å². The molecule has 1 aromatic rings. The van der Waals surface area contributed by atoms with Crippen molar-refractivity contribution in [1.29, 1.82) is 0 Å². The Morgan fingerprint density at radius 2 is 2.14 bits per heavy atom. The third-order valence-corrected chi connectivity index (χ3v) is 4.22. The van der Waals surface area contributed by atoms with Gasteiger partial charge in [0.25, 0.3) is 0 Å². The topological polar surface area (TPSA) is 86.9 Å². The Morgan fingerprint density at radius 3 is 2.77 bits per heavy atom. The highest BCUT2D eigenvalue weighted by Crippen LogP contribution is 2.23. The zero-order valence-corrected chi connectivity index (χ0v) is 13.6. The summed E-state index contributed by atoms with van der Waals surface area (Å²) in [7, 11) is 0. The van der Waals surface area contributed by atoms with Gasteiger partial charge in [-0.25, -0.2) is 4.98 Å². The van der Waals surface area contributed by atoms with Crippen LogP contribution in [0.15, 0.2) is 12.5 Å². The molecule has 7 heteroatoms. The van der Waals surface area contributed by atoms with E-state index >= 15 is 0 Å². The highest BCUT2D eigenvalue weighted by molar-refractivity contribution is 7.80. The molecule has 22 heavy (non-hydrogen) atoms. The first kappa shape index (κ1) is 16.9. The fraction of sp³-hybridized carbons (Fsp3) is 0.667. The molecule has 2 amide bonds. The van der Waals surface area contributed by atoms with E-state index in [1.54, 1.807) is 12.5 Å². The van der Waals surface area contributed by atoms with Crippen LogP contribution < -0.4 is 10.6 Å². The van der Waals surface area contributed by atoms with E-state index in [2.05, 4.69) is 33.2 Å². The molecule has 1 saturated carbocycles. The zero-order chi connectivity index (χ0) is 15.8. The number of H-pyrrole nitrogens is 1. The highest BCUT2D eigenvalue weighted by Gasteiger charge is 2.26. The third kappa shape index (κ3) is 5.05. The molecule has 0 saturated heterocycles. The fourth-order valence-corrected chi connectivity index (χ4v) is 2.89. The molecular formula is C15H24N4O2S. The summed E-state index contributed by atoms with van der Waals surface area (Å²) in [6, 6.07) is -0.574. The molecule has 3 N–H and O–H groups in total. The molecule has 1 aromatic heterocycles. The molecule has 1 fully saturated rings. The summed E-state index contributed by atoms with van der Waals surface area (Å²) in [5.41, 5.74) is 0.829. The molecule has 0 aromatic carbocycles. The molecule has 1 aliphatic carbocycles. The van der Waals surface area contributed by atoms with Crippen molar-refractivity contribution in [3.05, 3.63) is 18.2 Å². The van der Waals surface area contributed by atoms with Gasteiger partial charge in [-0.1, -0.05) is 19.3 Å². The maximum Gasteiger partial charge on any atom is 0.243 e. The van der Waals surface area contributed by atoms with E-state index in [9.17, 15) is 9.59 Å². The maximum absolute atomic E-state index is 12.4. The Morgan fingerprint density at radius 1 is 1.36 bits per heavy atom. The van der Waals surface area contributed by atoms with Crippen molar-refractivity contribution in [2.45, 2.75) is 44.6 Å². The molecule has 1 heterocycles. The van der Waals surface area contributed by atoms with Crippen molar-refractivity contribution in [1.82, 2.24) is 20.6 Å². The molecule has 1 aliphatic rings. The van der Waals surface area contributed by atoms with E-state index in [1.165, 1.54) is 6.42 Å². The Balaban J connectivity index is 1.96. The average Bonchev–Trinajstić information content (AvgIpc) is 3.05. The van der Waals surface area contributed by atoms with Gasteiger partial charge in [-0.15, -0.1) is 0 Å². The van der Waals surface area contributed by atoms with E-state index in [0.717, 1.165) is 31.4 Å². The van der Waals surface area contributed by atoms with E-state index < -0.39 is 6.04 Å². The summed E-state index contributed by atoms with van der Waals surface area (Å²) in [5.74, 6) is 0.424. The van der Waals surface area contributed by atoms with Crippen LogP contribution in [-0.2, 0) is 16.0 Å². The monoisotopic (exact) mass is 324 g/mol. The Bertz CT molecular complexity index is 472. The minimum Gasteiger partial charge on any atom is -0.353 e. The quantitative estimate of drug-likeness (QED) is 0.566. The van der Waals surface area contributed by atoms with Crippen LogP contribution in [-0.4, -0.2) is 40.1 Å². The standard InChI is InChI=1S/C15H24N4O2S/c20-14(11-4-2-1-3-5-11)19-13(15(21)17-6-7-22)8-12-9-16-10-18-12/h9-11,13,22H,1-8H2,(H,16,18)(H,17,21)(H,19,20)/t13-/m0/s1. The van der Waals surface area contributed by atoms with Crippen LogP contribution in [0.1, 0.15) is 37.8 Å². The minimum absolute atomic E-state index is 0.00904. The number of hydrogen-bond acceptors (Lipinski definition) is 4. The first-order valence-corrected chi connectivity index (χ1v) is 8.50. The SMILES string of the molecule is O=C(N[C@@H](Cc1cnc[nH]1)C(=O)NCCS)C1CCCCC1. The number of aromatic nitrogens is 2. The molecular weight excluding hydrogens is 300 g/mol. The Hall–Kier alpha value is -1.50. The summed E-state index contributed by atoms with van der Waals surface area (Å²) in [4.78, 5) is 31.6. The van der Waals surface area contributed by atoms with Gasteiger partial charge in [-0.05, 0) is 12.8 Å². The molecule has 0 radical (unpaired) electrons. The summed E-state index contributed by atoms with van der Waals surface area (Å²) >= 11 is 4.09. The van der Waals surface area contributed by atoms with E-state index in [4.69, 9.17) is 0 Å². The Labute approximate surface area is 136 Å². The van der Waals surface area contributed by atoms with Crippen molar-refractivity contribution in [3.8, 4) is 0 Å².